The zero-order valence-electron chi connectivity index (χ0n) is 10.6. The van der Waals surface area contributed by atoms with E-state index in [1.54, 1.807) is 12.2 Å². The third kappa shape index (κ3) is 10.2. The molecule has 0 saturated carbocycles. The van der Waals surface area contributed by atoms with Crippen LogP contribution >= 0.6 is 0 Å². The number of ether oxygens (including phenoxy) is 3. The molecule has 0 aliphatic heterocycles. The van der Waals surface area contributed by atoms with E-state index in [0.717, 1.165) is 6.42 Å². The molecule has 0 radical (unpaired) electrons. The molecule has 0 aromatic heterocycles. The van der Waals surface area contributed by atoms with E-state index in [-0.39, 0.29) is 19.3 Å². The smallest absolute Gasteiger partial charge is 0.101 e. The lowest BCUT2D eigenvalue weighted by atomic mass is 10.3. The van der Waals surface area contributed by atoms with E-state index in [2.05, 4.69) is 13.2 Å². The molecular weight excluding hydrogens is 220 g/mol. The predicted molar refractivity (Wildman–Crippen MR) is 68.1 cm³/mol. The Balaban J connectivity index is 3.58. The summed E-state index contributed by atoms with van der Waals surface area (Å²) in [6.07, 6.45) is 3.58. The second-order valence-corrected chi connectivity index (χ2v) is 3.67. The molecule has 0 aliphatic rings. The number of aliphatic hydroxyl groups is 1. The molecule has 0 fully saturated rings. The highest BCUT2D eigenvalue weighted by Crippen LogP contribution is 2.01. The molecule has 2 unspecified atom stereocenters. The SMILES string of the molecule is C=CCOCC(O)COC(CC)COCC=C. The van der Waals surface area contributed by atoms with Crippen molar-refractivity contribution in [2.45, 2.75) is 25.6 Å². The Kier molecular flexibility index (Phi) is 11.3. The standard InChI is InChI=1S/C13H24O4/c1-4-7-15-9-12(14)10-17-13(6-3)11-16-8-5-2/h4-5,12-14H,1-2,6-11H2,3H3. The summed E-state index contributed by atoms with van der Waals surface area (Å²) in [4.78, 5) is 0. The van der Waals surface area contributed by atoms with Crippen LogP contribution in [-0.4, -0.2) is 50.3 Å². The molecule has 4 heteroatoms. The summed E-state index contributed by atoms with van der Waals surface area (Å²) >= 11 is 0. The van der Waals surface area contributed by atoms with Crippen molar-refractivity contribution in [3.05, 3.63) is 25.3 Å². The molecule has 0 spiro atoms. The molecule has 100 valence electrons. The first-order chi connectivity index (χ1) is 8.24. The van der Waals surface area contributed by atoms with Gasteiger partial charge in [-0.25, -0.2) is 0 Å². The van der Waals surface area contributed by atoms with Crippen molar-refractivity contribution >= 4 is 0 Å². The summed E-state index contributed by atoms with van der Waals surface area (Å²) in [7, 11) is 0. The zero-order chi connectivity index (χ0) is 12.9. The number of rotatable bonds is 12. The Hall–Kier alpha value is -0.680. The van der Waals surface area contributed by atoms with Crippen LogP contribution in [0.1, 0.15) is 13.3 Å². The average Bonchev–Trinajstić information content (AvgIpc) is 2.34. The first-order valence-corrected chi connectivity index (χ1v) is 5.91. The first kappa shape index (κ1) is 16.3. The third-order valence-electron chi connectivity index (χ3n) is 2.07. The maximum Gasteiger partial charge on any atom is 0.101 e. The summed E-state index contributed by atoms with van der Waals surface area (Å²) in [5.41, 5.74) is 0. The summed E-state index contributed by atoms with van der Waals surface area (Å²) in [5, 5.41) is 9.55. The van der Waals surface area contributed by atoms with Crippen LogP contribution < -0.4 is 0 Å². The highest BCUT2D eigenvalue weighted by Gasteiger charge is 2.10. The Bertz CT molecular complexity index is 194. The quantitative estimate of drug-likeness (QED) is 0.418. The van der Waals surface area contributed by atoms with Crippen LogP contribution in [0.5, 0.6) is 0 Å². The van der Waals surface area contributed by atoms with Gasteiger partial charge >= 0.3 is 0 Å². The van der Waals surface area contributed by atoms with E-state index >= 15 is 0 Å². The lowest BCUT2D eigenvalue weighted by Crippen LogP contribution is -2.28. The number of aliphatic hydroxyl groups excluding tert-OH is 1. The Labute approximate surface area is 104 Å². The summed E-state index contributed by atoms with van der Waals surface area (Å²) in [6, 6.07) is 0. The van der Waals surface area contributed by atoms with Crippen molar-refractivity contribution in [2.75, 3.05) is 33.0 Å². The minimum Gasteiger partial charge on any atom is -0.388 e. The van der Waals surface area contributed by atoms with Gasteiger partial charge in [-0.15, -0.1) is 13.2 Å². The summed E-state index contributed by atoms with van der Waals surface area (Å²) in [6.45, 7) is 11.1. The molecule has 17 heavy (non-hydrogen) atoms. The average molecular weight is 244 g/mol. The van der Waals surface area contributed by atoms with Gasteiger partial charge in [-0.3, -0.25) is 0 Å². The van der Waals surface area contributed by atoms with Crippen molar-refractivity contribution in [2.24, 2.45) is 0 Å². The Morgan fingerprint density at radius 3 is 2.18 bits per heavy atom. The van der Waals surface area contributed by atoms with E-state index in [9.17, 15) is 5.11 Å². The Morgan fingerprint density at radius 2 is 1.65 bits per heavy atom. The van der Waals surface area contributed by atoms with Gasteiger partial charge in [0.15, 0.2) is 0 Å². The van der Waals surface area contributed by atoms with Gasteiger partial charge in [-0.1, -0.05) is 19.1 Å². The van der Waals surface area contributed by atoms with Gasteiger partial charge in [-0.05, 0) is 6.42 Å². The topological polar surface area (TPSA) is 47.9 Å². The van der Waals surface area contributed by atoms with Gasteiger partial charge in [0, 0.05) is 0 Å². The van der Waals surface area contributed by atoms with E-state index in [4.69, 9.17) is 14.2 Å². The summed E-state index contributed by atoms with van der Waals surface area (Å²) in [5.74, 6) is 0. The fraction of sp³-hybridized carbons (Fsp3) is 0.692. The van der Waals surface area contributed by atoms with Crippen molar-refractivity contribution in [3.8, 4) is 0 Å². The lowest BCUT2D eigenvalue weighted by molar-refractivity contribution is -0.0641. The van der Waals surface area contributed by atoms with Crippen molar-refractivity contribution < 1.29 is 19.3 Å². The van der Waals surface area contributed by atoms with Gasteiger partial charge in [0.1, 0.15) is 6.10 Å². The predicted octanol–water partition coefficient (Wildman–Crippen LogP) is 1.55. The lowest BCUT2D eigenvalue weighted by Gasteiger charge is -2.18. The molecule has 0 aliphatic carbocycles. The van der Waals surface area contributed by atoms with Crippen LogP contribution in [-0.2, 0) is 14.2 Å². The molecule has 1 N–H and O–H groups in total. The van der Waals surface area contributed by atoms with Crippen LogP contribution in [0.3, 0.4) is 0 Å². The molecule has 2 atom stereocenters. The molecule has 4 nitrogen and oxygen atoms in total. The van der Waals surface area contributed by atoms with Crippen LogP contribution in [0.15, 0.2) is 25.3 Å². The van der Waals surface area contributed by atoms with Gasteiger partial charge in [0.25, 0.3) is 0 Å². The molecule has 0 aromatic carbocycles. The van der Waals surface area contributed by atoms with E-state index in [0.29, 0.717) is 19.8 Å². The monoisotopic (exact) mass is 244 g/mol. The normalized spacial score (nSPS) is 14.2. The largest absolute Gasteiger partial charge is 0.388 e. The second-order valence-electron chi connectivity index (χ2n) is 3.67. The van der Waals surface area contributed by atoms with Crippen LogP contribution in [0.4, 0.5) is 0 Å². The molecular formula is C13H24O4. The maximum atomic E-state index is 9.55. The van der Waals surface area contributed by atoms with E-state index in [1.807, 2.05) is 6.92 Å². The molecule has 0 bridgehead atoms. The van der Waals surface area contributed by atoms with Crippen molar-refractivity contribution in [3.63, 3.8) is 0 Å². The van der Waals surface area contributed by atoms with E-state index in [1.165, 1.54) is 0 Å². The highest BCUT2D eigenvalue weighted by atomic mass is 16.5. The third-order valence-corrected chi connectivity index (χ3v) is 2.07. The molecule has 0 heterocycles. The Morgan fingerprint density at radius 1 is 1.06 bits per heavy atom. The maximum absolute atomic E-state index is 9.55. The van der Waals surface area contributed by atoms with Gasteiger partial charge < -0.3 is 19.3 Å². The van der Waals surface area contributed by atoms with Gasteiger partial charge in [0.05, 0.1) is 39.1 Å². The molecule has 0 aromatic rings. The van der Waals surface area contributed by atoms with Crippen LogP contribution in [0, 0.1) is 0 Å². The molecule has 0 rings (SSSR count). The molecule has 0 saturated heterocycles. The highest BCUT2D eigenvalue weighted by molar-refractivity contribution is 4.66. The van der Waals surface area contributed by atoms with Gasteiger partial charge in [-0.2, -0.15) is 0 Å². The minimum absolute atomic E-state index is 0.00371. The van der Waals surface area contributed by atoms with Crippen LogP contribution in [0.25, 0.3) is 0 Å². The number of hydrogen-bond acceptors (Lipinski definition) is 4. The minimum atomic E-state index is -0.608. The molecule has 0 amide bonds. The second kappa shape index (κ2) is 11.8. The number of hydrogen-bond donors (Lipinski definition) is 1. The fourth-order valence-electron chi connectivity index (χ4n) is 1.15. The van der Waals surface area contributed by atoms with Crippen LogP contribution in [0.2, 0.25) is 0 Å². The fourth-order valence-corrected chi connectivity index (χ4v) is 1.15. The van der Waals surface area contributed by atoms with E-state index < -0.39 is 6.10 Å². The summed E-state index contributed by atoms with van der Waals surface area (Å²) < 4.78 is 15.9. The first-order valence-electron chi connectivity index (χ1n) is 5.91. The zero-order valence-corrected chi connectivity index (χ0v) is 10.6. The van der Waals surface area contributed by atoms with Crippen molar-refractivity contribution in [1.29, 1.82) is 0 Å². The van der Waals surface area contributed by atoms with Crippen molar-refractivity contribution in [1.82, 2.24) is 0 Å². The van der Waals surface area contributed by atoms with Gasteiger partial charge in [0.2, 0.25) is 0 Å².